The van der Waals surface area contributed by atoms with Crippen LogP contribution in [0.15, 0.2) is 6.07 Å². The smallest absolute Gasteiger partial charge is 0.411 e. The van der Waals surface area contributed by atoms with Gasteiger partial charge in [0.25, 0.3) is 5.69 Å². The van der Waals surface area contributed by atoms with E-state index in [4.69, 9.17) is 15.8 Å². The average Bonchev–Trinajstić information content (AvgIpc) is 2.39. The number of amides is 1. The largest absolute Gasteiger partial charge is 0.448 e. The third-order valence-corrected chi connectivity index (χ3v) is 3.26. The van der Waals surface area contributed by atoms with E-state index in [0.29, 0.717) is 5.56 Å². The molecule has 0 heterocycles. The number of aryl methyl sites for hydroxylation is 1. The summed E-state index contributed by atoms with van der Waals surface area (Å²) in [7, 11) is -3.86. The molecule has 1 aromatic carbocycles. The van der Waals surface area contributed by atoms with Gasteiger partial charge in [0, 0.05) is 0 Å². The number of nitrogens with one attached hydrogen (secondary N) is 1. The molecule has 0 atom stereocenters. The number of halogens is 1. The third kappa shape index (κ3) is 5.25. The predicted octanol–water partition coefficient (Wildman–Crippen LogP) is 2.34. The van der Waals surface area contributed by atoms with Gasteiger partial charge in [0.05, 0.1) is 22.6 Å². The zero-order valence-electron chi connectivity index (χ0n) is 12.6. The molecule has 128 valence electrons. The summed E-state index contributed by atoms with van der Waals surface area (Å²) in [5.74, 6) is -0.0757. The standard InChI is InChI=1S/C12H15ClN2O7S/c1-7-6-9(14-12(16)21-5-4-13)10(15(17)18)8(2)11(7)22-23(3,19)20/h6H,4-5H2,1-3H3,(H,14,16). The summed E-state index contributed by atoms with van der Waals surface area (Å²) in [5.41, 5.74) is -0.360. The van der Waals surface area contributed by atoms with Gasteiger partial charge in [0.15, 0.2) is 5.75 Å². The maximum absolute atomic E-state index is 11.5. The molecule has 0 aliphatic carbocycles. The highest BCUT2D eigenvalue weighted by Gasteiger charge is 2.26. The molecule has 0 spiro atoms. The van der Waals surface area contributed by atoms with Crippen LogP contribution in [0.5, 0.6) is 5.75 Å². The summed E-state index contributed by atoms with van der Waals surface area (Å²) in [6, 6.07) is 1.23. The van der Waals surface area contributed by atoms with Crippen LogP contribution in [-0.4, -0.2) is 38.2 Å². The molecule has 0 aliphatic heterocycles. The van der Waals surface area contributed by atoms with Gasteiger partial charge in [-0.15, -0.1) is 11.6 Å². The first-order valence-electron chi connectivity index (χ1n) is 6.24. The van der Waals surface area contributed by atoms with Crippen LogP contribution in [0.25, 0.3) is 0 Å². The highest BCUT2D eigenvalue weighted by atomic mass is 35.5. The summed E-state index contributed by atoms with van der Waals surface area (Å²) < 4.78 is 32.0. The summed E-state index contributed by atoms with van der Waals surface area (Å²) in [6.07, 6.45) is -0.0859. The maximum atomic E-state index is 11.5. The van der Waals surface area contributed by atoms with E-state index in [9.17, 15) is 23.3 Å². The Morgan fingerprint density at radius 3 is 2.52 bits per heavy atom. The molecule has 23 heavy (non-hydrogen) atoms. The number of carbonyl (C=O) groups is 1. The van der Waals surface area contributed by atoms with Crippen molar-refractivity contribution in [3.05, 3.63) is 27.3 Å². The van der Waals surface area contributed by atoms with Crippen molar-refractivity contribution < 1.29 is 27.1 Å². The third-order valence-electron chi connectivity index (χ3n) is 2.63. The maximum Gasteiger partial charge on any atom is 0.411 e. The SMILES string of the molecule is Cc1cc(NC(=O)OCCCl)c([N+](=O)[O-])c(C)c1OS(C)(=O)=O. The highest BCUT2D eigenvalue weighted by Crippen LogP contribution is 2.38. The second kappa shape index (κ2) is 7.47. The molecule has 0 radical (unpaired) electrons. The Morgan fingerprint density at radius 1 is 1.43 bits per heavy atom. The molecule has 1 rings (SSSR count). The number of alkyl halides is 1. The first-order chi connectivity index (χ1) is 10.6. The van der Waals surface area contributed by atoms with Crippen LogP contribution in [-0.2, 0) is 14.9 Å². The first-order valence-corrected chi connectivity index (χ1v) is 8.59. The number of carbonyl (C=O) groups excluding carboxylic acids is 1. The molecule has 0 saturated carbocycles. The van der Waals surface area contributed by atoms with E-state index in [1.165, 1.54) is 19.9 Å². The number of nitro groups is 1. The lowest BCUT2D eigenvalue weighted by molar-refractivity contribution is -0.384. The lowest BCUT2D eigenvalue weighted by Crippen LogP contribution is -2.17. The van der Waals surface area contributed by atoms with E-state index >= 15 is 0 Å². The van der Waals surface area contributed by atoms with Crippen LogP contribution in [0.3, 0.4) is 0 Å². The molecular weight excluding hydrogens is 352 g/mol. The minimum Gasteiger partial charge on any atom is -0.448 e. The van der Waals surface area contributed by atoms with Crippen LogP contribution >= 0.6 is 11.6 Å². The Labute approximate surface area is 137 Å². The highest BCUT2D eigenvalue weighted by molar-refractivity contribution is 7.86. The van der Waals surface area contributed by atoms with Crippen LogP contribution < -0.4 is 9.50 Å². The number of nitrogens with zero attached hydrogens (tertiary/aromatic N) is 1. The fourth-order valence-corrected chi connectivity index (χ4v) is 2.48. The van der Waals surface area contributed by atoms with Crippen molar-refractivity contribution in [1.29, 1.82) is 0 Å². The van der Waals surface area contributed by atoms with Crippen molar-refractivity contribution >= 4 is 39.2 Å². The fraction of sp³-hybridized carbons (Fsp3) is 0.417. The molecule has 0 fully saturated rings. The number of ether oxygens (including phenoxy) is 1. The number of anilines is 1. The fourth-order valence-electron chi connectivity index (χ4n) is 1.84. The van der Waals surface area contributed by atoms with Gasteiger partial charge in [-0.2, -0.15) is 8.42 Å². The molecular formula is C12H15ClN2O7S. The molecule has 0 saturated heterocycles. The minimum absolute atomic E-state index is 0.0342. The van der Waals surface area contributed by atoms with Gasteiger partial charge in [-0.3, -0.25) is 15.4 Å². The van der Waals surface area contributed by atoms with Crippen molar-refractivity contribution in [1.82, 2.24) is 0 Å². The molecule has 9 nitrogen and oxygen atoms in total. The molecule has 11 heteroatoms. The lowest BCUT2D eigenvalue weighted by atomic mass is 10.1. The molecule has 0 unspecified atom stereocenters. The molecule has 0 aromatic heterocycles. The van der Waals surface area contributed by atoms with Gasteiger partial charge in [0.2, 0.25) is 0 Å². The van der Waals surface area contributed by atoms with Gasteiger partial charge in [0.1, 0.15) is 12.3 Å². The van der Waals surface area contributed by atoms with Crippen molar-refractivity contribution in [2.45, 2.75) is 13.8 Å². The summed E-state index contributed by atoms with van der Waals surface area (Å²) in [6.45, 7) is 2.75. The van der Waals surface area contributed by atoms with E-state index in [1.807, 2.05) is 0 Å². The normalized spacial score (nSPS) is 11.0. The van der Waals surface area contributed by atoms with Crippen LogP contribution in [0.2, 0.25) is 0 Å². The molecule has 1 amide bonds. The predicted molar refractivity (Wildman–Crippen MR) is 83.7 cm³/mol. The second-order valence-electron chi connectivity index (χ2n) is 4.54. The van der Waals surface area contributed by atoms with Gasteiger partial charge in [-0.25, -0.2) is 4.79 Å². The minimum atomic E-state index is -3.86. The Balaban J connectivity index is 3.33. The number of rotatable bonds is 6. The second-order valence-corrected chi connectivity index (χ2v) is 6.49. The number of hydrogen-bond donors (Lipinski definition) is 1. The van der Waals surface area contributed by atoms with Crippen molar-refractivity contribution in [2.24, 2.45) is 0 Å². The Hall–Kier alpha value is -2.07. The Morgan fingerprint density at radius 2 is 2.04 bits per heavy atom. The van der Waals surface area contributed by atoms with Crippen molar-refractivity contribution in [3.63, 3.8) is 0 Å². The van der Waals surface area contributed by atoms with Crippen LogP contribution in [0, 0.1) is 24.0 Å². The van der Waals surface area contributed by atoms with E-state index in [1.54, 1.807) is 0 Å². The van der Waals surface area contributed by atoms with Gasteiger partial charge in [-0.05, 0) is 25.5 Å². The van der Waals surface area contributed by atoms with E-state index in [2.05, 4.69) is 10.1 Å². The van der Waals surface area contributed by atoms with Gasteiger partial charge in [-0.1, -0.05) is 0 Å². The topological polar surface area (TPSA) is 125 Å². The molecule has 0 aliphatic rings. The number of hydrogen-bond acceptors (Lipinski definition) is 7. The zero-order chi connectivity index (χ0) is 17.8. The number of benzene rings is 1. The average molecular weight is 367 g/mol. The lowest BCUT2D eigenvalue weighted by Gasteiger charge is -2.14. The molecule has 1 N–H and O–H groups in total. The monoisotopic (exact) mass is 366 g/mol. The van der Waals surface area contributed by atoms with Crippen LogP contribution in [0.4, 0.5) is 16.2 Å². The van der Waals surface area contributed by atoms with Crippen molar-refractivity contribution in [3.8, 4) is 5.75 Å². The van der Waals surface area contributed by atoms with Gasteiger partial charge < -0.3 is 8.92 Å². The Kier molecular flexibility index (Phi) is 6.16. The number of nitro benzene ring substituents is 1. The zero-order valence-corrected chi connectivity index (χ0v) is 14.2. The van der Waals surface area contributed by atoms with E-state index in [-0.39, 0.29) is 29.5 Å². The molecule has 1 aromatic rings. The van der Waals surface area contributed by atoms with Gasteiger partial charge >= 0.3 is 16.2 Å². The van der Waals surface area contributed by atoms with Crippen molar-refractivity contribution in [2.75, 3.05) is 24.1 Å². The summed E-state index contributed by atoms with van der Waals surface area (Å²) in [5, 5.41) is 13.5. The molecule has 0 bridgehead atoms. The van der Waals surface area contributed by atoms with E-state index < -0.39 is 26.8 Å². The quantitative estimate of drug-likeness (QED) is 0.354. The first kappa shape index (κ1) is 19.0. The van der Waals surface area contributed by atoms with E-state index in [0.717, 1.165) is 6.26 Å². The Bertz CT molecular complexity index is 733. The summed E-state index contributed by atoms with van der Waals surface area (Å²) in [4.78, 5) is 22.0. The van der Waals surface area contributed by atoms with Crippen LogP contribution in [0.1, 0.15) is 11.1 Å². The summed E-state index contributed by atoms with van der Waals surface area (Å²) >= 11 is 5.38.